The summed E-state index contributed by atoms with van der Waals surface area (Å²) in [5.41, 5.74) is 5.40. The Kier molecular flexibility index (Phi) is 6.84. The molecule has 3 aromatic carbocycles. The van der Waals surface area contributed by atoms with Gasteiger partial charge in [-0.3, -0.25) is 9.69 Å². The van der Waals surface area contributed by atoms with Crippen molar-refractivity contribution in [3.63, 3.8) is 0 Å². The van der Waals surface area contributed by atoms with Gasteiger partial charge in [0.1, 0.15) is 24.9 Å². The zero-order valence-corrected chi connectivity index (χ0v) is 19.2. The number of rotatable bonds is 8. The van der Waals surface area contributed by atoms with E-state index in [0.717, 1.165) is 39.8 Å². The molecule has 0 radical (unpaired) electrons. The second kappa shape index (κ2) is 9.96. The van der Waals surface area contributed by atoms with Crippen LogP contribution < -0.4 is 4.90 Å². The van der Waals surface area contributed by atoms with Crippen molar-refractivity contribution in [1.82, 2.24) is 9.55 Å². The Labute approximate surface area is 193 Å². The number of benzene rings is 3. The minimum atomic E-state index is -0.313. The van der Waals surface area contributed by atoms with Gasteiger partial charge < -0.3 is 9.30 Å². The van der Waals surface area contributed by atoms with Gasteiger partial charge in [0.25, 0.3) is 0 Å². The highest BCUT2D eigenvalue weighted by Gasteiger charge is 2.23. The molecule has 0 aliphatic carbocycles. The van der Waals surface area contributed by atoms with Crippen LogP contribution in [0, 0.1) is 12.7 Å². The van der Waals surface area contributed by atoms with Crippen LogP contribution in [0.1, 0.15) is 25.0 Å². The van der Waals surface area contributed by atoms with E-state index in [0.29, 0.717) is 12.4 Å². The van der Waals surface area contributed by atoms with Gasteiger partial charge >= 0.3 is 0 Å². The summed E-state index contributed by atoms with van der Waals surface area (Å²) < 4.78 is 21.1. The Hall–Kier alpha value is -3.51. The summed E-state index contributed by atoms with van der Waals surface area (Å²) in [4.78, 5) is 20.2. The molecule has 4 rings (SSSR count). The summed E-state index contributed by atoms with van der Waals surface area (Å²) in [5.74, 6) is 0.215. The first-order chi connectivity index (χ1) is 16.0. The molecule has 170 valence electrons. The number of aromatic nitrogens is 2. The topological polar surface area (TPSA) is 47.4 Å². The van der Waals surface area contributed by atoms with Crippen molar-refractivity contribution in [2.75, 3.05) is 18.2 Å². The number of imidazole rings is 1. The average Bonchev–Trinajstić information content (AvgIpc) is 3.19. The van der Waals surface area contributed by atoms with Crippen molar-refractivity contribution >= 4 is 22.6 Å². The highest BCUT2D eigenvalue weighted by Crippen LogP contribution is 2.29. The Balaban J connectivity index is 1.78. The van der Waals surface area contributed by atoms with E-state index in [2.05, 4.69) is 6.92 Å². The molecule has 0 spiro atoms. The number of hydrogen-bond acceptors (Lipinski definition) is 3. The van der Waals surface area contributed by atoms with Gasteiger partial charge in [-0.25, -0.2) is 9.37 Å². The van der Waals surface area contributed by atoms with E-state index >= 15 is 0 Å². The van der Waals surface area contributed by atoms with Crippen molar-refractivity contribution in [1.29, 1.82) is 0 Å². The highest BCUT2D eigenvalue weighted by molar-refractivity contribution is 5.96. The third-order valence-corrected chi connectivity index (χ3v) is 5.75. The standard InChI is InChI=1S/C27H28FN3O2/c1-4-20-10-8-9-19(3)26(20)31(18-33-5-2)25(32)17-30-24-12-7-6-11-23(24)29-27(30)21-13-15-22(28)16-14-21/h6-16H,4-5,17-18H2,1-3H3. The van der Waals surface area contributed by atoms with E-state index in [-0.39, 0.29) is 25.0 Å². The molecule has 1 aromatic heterocycles. The maximum atomic E-state index is 13.8. The van der Waals surface area contributed by atoms with Crippen molar-refractivity contribution in [3.05, 3.63) is 83.7 Å². The van der Waals surface area contributed by atoms with Crippen LogP contribution in [0.25, 0.3) is 22.4 Å². The van der Waals surface area contributed by atoms with E-state index in [1.807, 2.05) is 60.9 Å². The lowest BCUT2D eigenvalue weighted by Gasteiger charge is -2.27. The first-order valence-electron chi connectivity index (χ1n) is 11.2. The number of carbonyl (C=O) groups excluding carboxylic acids is 1. The Morgan fingerprint density at radius 1 is 1.03 bits per heavy atom. The van der Waals surface area contributed by atoms with Crippen molar-refractivity contribution in [2.24, 2.45) is 0 Å². The number of halogens is 1. The fourth-order valence-electron chi connectivity index (χ4n) is 4.11. The van der Waals surface area contributed by atoms with Gasteiger partial charge in [-0.2, -0.15) is 0 Å². The van der Waals surface area contributed by atoms with Crippen molar-refractivity contribution in [3.8, 4) is 11.4 Å². The molecule has 0 atom stereocenters. The third-order valence-electron chi connectivity index (χ3n) is 5.75. The molecule has 0 saturated carbocycles. The van der Waals surface area contributed by atoms with Crippen LogP contribution >= 0.6 is 0 Å². The van der Waals surface area contributed by atoms with E-state index < -0.39 is 0 Å². The van der Waals surface area contributed by atoms with E-state index in [9.17, 15) is 9.18 Å². The van der Waals surface area contributed by atoms with Gasteiger partial charge in [-0.15, -0.1) is 0 Å². The summed E-state index contributed by atoms with van der Waals surface area (Å²) in [5, 5.41) is 0. The summed E-state index contributed by atoms with van der Waals surface area (Å²) in [6, 6.07) is 20.0. The van der Waals surface area contributed by atoms with Crippen molar-refractivity contribution in [2.45, 2.75) is 33.7 Å². The lowest BCUT2D eigenvalue weighted by atomic mass is 10.0. The van der Waals surface area contributed by atoms with Crippen LogP contribution in [0.2, 0.25) is 0 Å². The molecule has 1 amide bonds. The number of carbonyl (C=O) groups is 1. The van der Waals surface area contributed by atoms with E-state index in [1.165, 1.54) is 12.1 Å². The van der Waals surface area contributed by atoms with Gasteiger partial charge in [-0.05, 0) is 67.8 Å². The molecule has 5 nitrogen and oxygen atoms in total. The molecule has 0 aliphatic rings. The second-order valence-electron chi connectivity index (χ2n) is 7.90. The molecule has 0 fully saturated rings. The SMILES string of the molecule is CCOCN(C(=O)Cn1c(-c2ccc(F)cc2)nc2ccccc21)c1c(C)cccc1CC. The molecule has 0 N–H and O–H groups in total. The second-order valence-corrected chi connectivity index (χ2v) is 7.90. The van der Waals surface area contributed by atoms with Crippen LogP contribution in [0.15, 0.2) is 66.7 Å². The van der Waals surface area contributed by atoms with Gasteiger partial charge in [0.05, 0.1) is 16.7 Å². The molecular weight excluding hydrogens is 417 g/mol. The highest BCUT2D eigenvalue weighted by atomic mass is 19.1. The largest absolute Gasteiger partial charge is 0.361 e. The average molecular weight is 446 g/mol. The normalized spacial score (nSPS) is 11.2. The predicted molar refractivity (Wildman–Crippen MR) is 130 cm³/mol. The Morgan fingerprint density at radius 2 is 1.79 bits per heavy atom. The number of anilines is 1. The zero-order chi connectivity index (χ0) is 23.4. The predicted octanol–water partition coefficient (Wildman–Crippen LogP) is 5.74. The van der Waals surface area contributed by atoms with Crippen molar-refractivity contribution < 1.29 is 13.9 Å². The maximum Gasteiger partial charge on any atom is 0.248 e. The van der Waals surface area contributed by atoms with Crippen LogP contribution in [-0.2, 0) is 22.5 Å². The minimum absolute atomic E-state index is 0.0811. The van der Waals surface area contributed by atoms with Crippen LogP contribution in [0.3, 0.4) is 0 Å². The van der Waals surface area contributed by atoms with Crippen LogP contribution in [0.4, 0.5) is 10.1 Å². The van der Waals surface area contributed by atoms with Crippen LogP contribution in [0.5, 0.6) is 0 Å². The molecule has 4 aromatic rings. The quantitative estimate of drug-likeness (QED) is 0.325. The fourth-order valence-corrected chi connectivity index (χ4v) is 4.11. The molecule has 1 heterocycles. The zero-order valence-electron chi connectivity index (χ0n) is 19.2. The van der Waals surface area contributed by atoms with Gasteiger partial charge in [0, 0.05) is 12.2 Å². The first-order valence-corrected chi connectivity index (χ1v) is 11.2. The molecule has 6 heteroatoms. The number of amides is 1. The fraction of sp³-hybridized carbons (Fsp3) is 0.259. The third kappa shape index (κ3) is 4.66. The molecule has 0 aliphatic heterocycles. The summed E-state index contributed by atoms with van der Waals surface area (Å²) in [6.45, 7) is 6.77. The molecule has 0 saturated heterocycles. The molecule has 0 unspecified atom stereocenters. The minimum Gasteiger partial charge on any atom is -0.361 e. The Bertz CT molecular complexity index is 1260. The van der Waals surface area contributed by atoms with Gasteiger partial charge in [0.2, 0.25) is 5.91 Å². The summed E-state index contributed by atoms with van der Waals surface area (Å²) >= 11 is 0. The molecule has 0 bridgehead atoms. The van der Waals surface area contributed by atoms with E-state index in [1.54, 1.807) is 17.0 Å². The molecular formula is C27H28FN3O2. The maximum absolute atomic E-state index is 13.8. The number of para-hydroxylation sites is 3. The van der Waals surface area contributed by atoms with Gasteiger partial charge in [-0.1, -0.05) is 37.3 Å². The summed E-state index contributed by atoms with van der Waals surface area (Å²) in [6.07, 6.45) is 0.807. The van der Waals surface area contributed by atoms with Gasteiger partial charge in [0.15, 0.2) is 0 Å². The van der Waals surface area contributed by atoms with Crippen LogP contribution in [-0.4, -0.2) is 28.8 Å². The smallest absolute Gasteiger partial charge is 0.248 e. The lowest BCUT2D eigenvalue weighted by molar-refractivity contribution is -0.120. The monoisotopic (exact) mass is 445 g/mol. The molecule has 33 heavy (non-hydrogen) atoms. The number of ether oxygens (including phenoxy) is 1. The Morgan fingerprint density at radius 3 is 2.52 bits per heavy atom. The number of aryl methyl sites for hydroxylation is 2. The number of fused-ring (bicyclic) bond motifs is 1. The lowest BCUT2D eigenvalue weighted by Crippen LogP contribution is -2.37. The first kappa shape index (κ1) is 22.7. The van der Waals surface area contributed by atoms with E-state index in [4.69, 9.17) is 9.72 Å². The number of nitrogens with zero attached hydrogens (tertiary/aromatic N) is 3. The summed E-state index contributed by atoms with van der Waals surface area (Å²) in [7, 11) is 0. The number of hydrogen-bond donors (Lipinski definition) is 0.